The van der Waals surface area contributed by atoms with E-state index in [0.717, 1.165) is 29.3 Å². The zero-order chi connectivity index (χ0) is 21.3. The molecule has 6 heteroatoms. The first-order valence-corrected chi connectivity index (χ1v) is 11.0. The number of anilines is 1. The van der Waals surface area contributed by atoms with Crippen molar-refractivity contribution in [1.82, 2.24) is 0 Å². The van der Waals surface area contributed by atoms with Crippen LogP contribution in [0.5, 0.6) is 0 Å². The Labute approximate surface area is 184 Å². The van der Waals surface area contributed by atoms with Crippen LogP contribution in [-0.2, 0) is 14.3 Å². The Hall–Kier alpha value is -2.47. The van der Waals surface area contributed by atoms with E-state index >= 15 is 0 Å². The molecule has 0 unspecified atom stereocenters. The highest BCUT2D eigenvalue weighted by Crippen LogP contribution is 2.53. The molecule has 0 radical (unpaired) electrons. The van der Waals surface area contributed by atoms with Crippen LogP contribution in [0.1, 0.15) is 35.2 Å². The Morgan fingerprint density at radius 1 is 1.03 bits per heavy atom. The van der Waals surface area contributed by atoms with Gasteiger partial charge in [-0.2, -0.15) is 0 Å². The van der Waals surface area contributed by atoms with Gasteiger partial charge in [-0.15, -0.1) is 0 Å². The average Bonchev–Trinajstić information content (AvgIpc) is 3.36. The molecule has 0 heterocycles. The van der Waals surface area contributed by atoms with Crippen molar-refractivity contribution in [1.29, 1.82) is 0 Å². The van der Waals surface area contributed by atoms with Crippen LogP contribution in [0.4, 0.5) is 5.69 Å². The molecule has 30 heavy (non-hydrogen) atoms. The van der Waals surface area contributed by atoms with E-state index in [-0.39, 0.29) is 36.1 Å². The number of halogens is 1. The third-order valence-electron chi connectivity index (χ3n) is 6.34. The molecule has 2 aromatic rings. The summed E-state index contributed by atoms with van der Waals surface area (Å²) in [4.78, 5) is 38.2. The first-order chi connectivity index (χ1) is 14.4. The van der Waals surface area contributed by atoms with Crippen LogP contribution < -0.4 is 5.32 Å². The van der Waals surface area contributed by atoms with Crippen molar-refractivity contribution < 1.29 is 19.1 Å². The zero-order valence-electron chi connectivity index (χ0n) is 16.8. The Morgan fingerprint density at radius 2 is 1.73 bits per heavy atom. The van der Waals surface area contributed by atoms with Gasteiger partial charge in [0.15, 0.2) is 12.4 Å². The Morgan fingerprint density at radius 3 is 2.43 bits per heavy atom. The molecule has 2 saturated carbocycles. The summed E-state index contributed by atoms with van der Waals surface area (Å²) in [5.41, 5.74) is 2.28. The summed E-state index contributed by atoms with van der Waals surface area (Å²) in [6.45, 7) is 1.58. The summed E-state index contributed by atoms with van der Waals surface area (Å²) in [5, 5.41) is 2.75. The van der Waals surface area contributed by atoms with Crippen molar-refractivity contribution in [3.63, 3.8) is 0 Å². The minimum atomic E-state index is -0.459. The van der Waals surface area contributed by atoms with E-state index in [0.29, 0.717) is 11.3 Å². The van der Waals surface area contributed by atoms with E-state index in [9.17, 15) is 14.4 Å². The van der Waals surface area contributed by atoms with Gasteiger partial charge in [-0.25, -0.2) is 0 Å². The third kappa shape index (κ3) is 4.19. The van der Waals surface area contributed by atoms with Gasteiger partial charge >= 0.3 is 5.97 Å². The van der Waals surface area contributed by atoms with Crippen molar-refractivity contribution in [2.24, 2.45) is 23.7 Å². The van der Waals surface area contributed by atoms with Crippen molar-refractivity contribution in [2.75, 3.05) is 11.9 Å². The SMILES string of the molecule is Cc1cc(NC(=O)COC(=O)[C@H]2[C@H]3CC[C@@H](C3)[C@@H]2C(=O)c2ccccc2)ccc1Br. The molecule has 2 aliphatic rings. The van der Waals surface area contributed by atoms with E-state index in [1.54, 1.807) is 18.2 Å². The minimum absolute atomic E-state index is 0.0135. The van der Waals surface area contributed by atoms with E-state index in [2.05, 4.69) is 21.2 Å². The maximum absolute atomic E-state index is 13.1. The highest BCUT2D eigenvalue weighted by atomic mass is 79.9. The lowest BCUT2D eigenvalue weighted by Gasteiger charge is -2.28. The van der Waals surface area contributed by atoms with Gasteiger partial charge in [0, 0.05) is 21.6 Å². The van der Waals surface area contributed by atoms with E-state index in [1.807, 2.05) is 37.3 Å². The zero-order valence-corrected chi connectivity index (χ0v) is 18.4. The molecular weight excluding hydrogens is 446 g/mol. The molecule has 0 saturated heterocycles. The molecule has 4 atom stereocenters. The fraction of sp³-hybridized carbons (Fsp3) is 0.375. The van der Waals surface area contributed by atoms with Gasteiger partial charge in [0.25, 0.3) is 5.91 Å². The number of Topliss-reactive ketones (excluding diaryl/α,β-unsaturated/α-hetero) is 1. The summed E-state index contributed by atoms with van der Waals surface area (Å²) in [6, 6.07) is 14.6. The van der Waals surface area contributed by atoms with Gasteiger partial charge in [-0.3, -0.25) is 14.4 Å². The van der Waals surface area contributed by atoms with E-state index in [1.165, 1.54) is 0 Å². The van der Waals surface area contributed by atoms with Gasteiger partial charge in [-0.1, -0.05) is 46.3 Å². The second-order valence-electron chi connectivity index (χ2n) is 8.23. The number of hydrogen-bond donors (Lipinski definition) is 1. The number of hydrogen-bond acceptors (Lipinski definition) is 4. The molecule has 0 aliphatic heterocycles. The Bertz CT molecular complexity index is 974. The number of carbonyl (C=O) groups is 3. The average molecular weight is 470 g/mol. The molecular formula is C24H24BrNO4. The number of rotatable bonds is 6. The number of aryl methyl sites for hydroxylation is 1. The topological polar surface area (TPSA) is 72.5 Å². The highest BCUT2D eigenvalue weighted by molar-refractivity contribution is 9.10. The number of esters is 1. The largest absolute Gasteiger partial charge is 0.455 e. The van der Waals surface area contributed by atoms with Gasteiger partial charge in [0.05, 0.1) is 5.92 Å². The molecule has 2 aliphatic carbocycles. The predicted molar refractivity (Wildman–Crippen MR) is 117 cm³/mol. The van der Waals surface area contributed by atoms with Crippen LogP contribution in [0, 0.1) is 30.6 Å². The molecule has 2 aromatic carbocycles. The first-order valence-electron chi connectivity index (χ1n) is 10.3. The van der Waals surface area contributed by atoms with Gasteiger partial charge in [0.2, 0.25) is 0 Å². The summed E-state index contributed by atoms with van der Waals surface area (Å²) >= 11 is 3.42. The van der Waals surface area contributed by atoms with Crippen LogP contribution in [-0.4, -0.2) is 24.3 Å². The molecule has 1 N–H and O–H groups in total. The summed E-state index contributed by atoms with van der Waals surface area (Å²) in [6.07, 6.45) is 2.79. The maximum atomic E-state index is 13.1. The molecule has 4 rings (SSSR count). The third-order valence-corrected chi connectivity index (χ3v) is 7.23. The molecule has 0 spiro atoms. The quantitative estimate of drug-likeness (QED) is 0.487. The summed E-state index contributed by atoms with van der Waals surface area (Å²) in [7, 11) is 0. The molecule has 2 bridgehead atoms. The lowest BCUT2D eigenvalue weighted by molar-refractivity contribution is -0.154. The van der Waals surface area contributed by atoms with Crippen molar-refractivity contribution in [3.8, 4) is 0 Å². The number of fused-ring (bicyclic) bond motifs is 2. The summed E-state index contributed by atoms with van der Waals surface area (Å²) in [5.74, 6) is -1.23. The minimum Gasteiger partial charge on any atom is -0.455 e. The second kappa shape index (κ2) is 8.72. The number of ether oxygens (including phenoxy) is 1. The molecule has 0 aromatic heterocycles. The molecule has 5 nitrogen and oxygen atoms in total. The smallest absolute Gasteiger partial charge is 0.310 e. The molecule has 2 fully saturated rings. The number of nitrogens with one attached hydrogen (secondary N) is 1. The standard InChI is InChI=1S/C24H24BrNO4/c1-14-11-18(9-10-19(14)25)26-20(27)13-30-24(29)22-17-8-7-16(12-17)21(22)23(28)15-5-3-2-4-6-15/h2-6,9-11,16-17,21-22H,7-8,12-13H2,1H3,(H,26,27)/t16-,17-,21-,22-/m0/s1. The molecule has 1 amide bonds. The highest BCUT2D eigenvalue weighted by Gasteiger charge is 2.54. The lowest BCUT2D eigenvalue weighted by Crippen LogP contribution is -2.37. The first kappa shape index (κ1) is 20.8. The van der Waals surface area contributed by atoms with E-state index in [4.69, 9.17) is 4.74 Å². The van der Waals surface area contributed by atoms with Gasteiger partial charge in [0.1, 0.15) is 0 Å². The second-order valence-corrected chi connectivity index (χ2v) is 9.09. The Balaban J connectivity index is 1.39. The van der Waals surface area contributed by atoms with Crippen LogP contribution in [0.2, 0.25) is 0 Å². The number of ketones is 1. The molecule has 156 valence electrons. The normalized spacial score (nSPS) is 24.5. The maximum Gasteiger partial charge on any atom is 0.310 e. The summed E-state index contributed by atoms with van der Waals surface area (Å²) < 4.78 is 6.33. The van der Waals surface area contributed by atoms with Crippen molar-refractivity contribution in [2.45, 2.75) is 26.2 Å². The van der Waals surface area contributed by atoms with Crippen molar-refractivity contribution in [3.05, 3.63) is 64.1 Å². The fourth-order valence-electron chi connectivity index (χ4n) is 4.96. The fourth-order valence-corrected chi connectivity index (χ4v) is 5.20. The van der Waals surface area contributed by atoms with Crippen LogP contribution in [0.15, 0.2) is 53.0 Å². The number of amides is 1. The van der Waals surface area contributed by atoms with E-state index < -0.39 is 11.9 Å². The monoisotopic (exact) mass is 469 g/mol. The van der Waals surface area contributed by atoms with Gasteiger partial charge < -0.3 is 10.1 Å². The predicted octanol–water partition coefficient (Wildman–Crippen LogP) is 4.78. The van der Waals surface area contributed by atoms with Crippen molar-refractivity contribution >= 4 is 39.3 Å². The number of benzene rings is 2. The van der Waals surface area contributed by atoms with Crippen LogP contribution in [0.25, 0.3) is 0 Å². The van der Waals surface area contributed by atoms with Crippen LogP contribution in [0.3, 0.4) is 0 Å². The van der Waals surface area contributed by atoms with Gasteiger partial charge in [-0.05, 0) is 61.8 Å². The Kier molecular flexibility index (Phi) is 6.04. The number of carbonyl (C=O) groups excluding carboxylic acids is 3. The lowest BCUT2D eigenvalue weighted by atomic mass is 9.75. The van der Waals surface area contributed by atoms with Crippen LogP contribution >= 0.6 is 15.9 Å².